The lowest BCUT2D eigenvalue weighted by atomic mass is 9.85. The zero-order chi connectivity index (χ0) is 27.1. The summed E-state index contributed by atoms with van der Waals surface area (Å²) in [5.41, 5.74) is -1.08. The van der Waals surface area contributed by atoms with Gasteiger partial charge in [-0.1, -0.05) is 34.6 Å². The van der Waals surface area contributed by atoms with E-state index < -0.39 is 47.4 Å². The molecule has 0 saturated carbocycles. The summed E-state index contributed by atoms with van der Waals surface area (Å²) in [6, 6.07) is -1.54. The topological polar surface area (TPSA) is 131 Å². The maximum atomic E-state index is 13.2. The van der Waals surface area contributed by atoms with Gasteiger partial charge in [-0.25, -0.2) is 0 Å². The Balaban J connectivity index is 3.03. The highest BCUT2D eigenvalue weighted by atomic mass is 19.4. The summed E-state index contributed by atoms with van der Waals surface area (Å²) >= 11 is 0. The van der Waals surface area contributed by atoms with Crippen LogP contribution in [0.2, 0.25) is 0 Å². The Bertz CT molecular complexity index is 832. The van der Waals surface area contributed by atoms with Crippen molar-refractivity contribution in [3.8, 4) is 6.07 Å². The third-order valence-corrected chi connectivity index (χ3v) is 5.90. The number of hydrogen-bond acceptors (Lipinski definition) is 5. The molecule has 198 valence electrons. The minimum atomic E-state index is -5.17. The number of hydrogen-bond donors (Lipinski definition) is 3. The van der Waals surface area contributed by atoms with Crippen molar-refractivity contribution in [1.29, 1.82) is 5.26 Å². The highest BCUT2D eigenvalue weighted by molar-refractivity contribution is 5.93. The van der Waals surface area contributed by atoms with Gasteiger partial charge >= 0.3 is 12.1 Å². The second-order valence-electron chi connectivity index (χ2n) is 10.4. The quantitative estimate of drug-likeness (QED) is 0.419. The van der Waals surface area contributed by atoms with Gasteiger partial charge in [0.05, 0.1) is 6.07 Å². The molecule has 0 aromatic rings. The first-order chi connectivity index (χ1) is 16.0. The molecule has 0 radical (unpaired) electrons. The molecule has 1 aliphatic rings. The number of nitrogens with zero attached hydrogens (tertiary/aromatic N) is 2. The summed E-state index contributed by atoms with van der Waals surface area (Å²) in [6.07, 6.45) is -3.70. The van der Waals surface area contributed by atoms with Crippen LogP contribution in [0.5, 0.6) is 0 Å². The summed E-state index contributed by atoms with van der Waals surface area (Å²) in [5, 5.41) is 16.6. The fourth-order valence-corrected chi connectivity index (χ4v) is 3.83. The van der Waals surface area contributed by atoms with Gasteiger partial charge < -0.3 is 20.9 Å². The maximum absolute atomic E-state index is 13.2. The number of nitrogens with one attached hydrogen (secondary N) is 3. The molecular formula is C23H36F3N5O4. The van der Waals surface area contributed by atoms with E-state index in [-0.39, 0.29) is 30.6 Å². The van der Waals surface area contributed by atoms with Crippen LogP contribution in [0.4, 0.5) is 13.2 Å². The van der Waals surface area contributed by atoms with Crippen molar-refractivity contribution in [3.05, 3.63) is 0 Å². The van der Waals surface area contributed by atoms with Crippen molar-refractivity contribution in [2.75, 3.05) is 13.6 Å². The smallest absolute Gasteiger partial charge is 0.356 e. The van der Waals surface area contributed by atoms with Crippen LogP contribution in [0, 0.1) is 28.6 Å². The SMILES string of the molecule is CC(C)C[C@@H](C(=O)N[C@H](C#N)CC[C@@H]1CCNC1=O)N(C)C(=O)[C@@H](NC(=O)C(F)(F)F)C(C)(C)C. The fraction of sp³-hybridized carbons (Fsp3) is 0.783. The molecule has 0 unspecified atom stereocenters. The number of carbonyl (C=O) groups is 4. The summed E-state index contributed by atoms with van der Waals surface area (Å²) in [6.45, 7) is 8.70. The molecule has 12 heteroatoms. The normalized spacial score (nSPS) is 18.8. The first kappa shape index (κ1) is 30.2. The van der Waals surface area contributed by atoms with E-state index in [1.807, 2.05) is 19.9 Å². The van der Waals surface area contributed by atoms with E-state index in [1.54, 1.807) is 5.32 Å². The number of halogens is 3. The number of carbonyl (C=O) groups excluding carboxylic acids is 4. The van der Waals surface area contributed by atoms with Gasteiger partial charge in [0.2, 0.25) is 17.7 Å². The molecule has 4 amide bonds. The van der Waals surface area contributed by atoms with Crippen molar-refractivity contribution >= 4 is 23.6 Å². The van der Waals surface area contributed by atoms with Crippen LogP contribution in [0.15, 0.2) is 0 Å². The van der Waals surface area contributed by atoms with Crippen molar-refractivity contribution in [2.24, 2.45) is 17.3 Å². The standard InChI is InChI=1S/C23H36F3N5O4/c1-13(2)11-16(19(33)29-15(12-27)8-7-14-9-10-28-18(14)32)31(6)20(34)17(22(3,4)5)30-21(35)23(24,25)26/h13-17H,7-11H2,1-6H3,(H,28,32)(H,29,33)(H,30,35)/t14-,15+,16+,17-/m1/s1. The van der Waals surface area contributed by atoms with Gasteiger partial charge in [0.15, 0.2) is 0 Å². The van der Waals surface area contributed by atoms with Gasteiger partial charge in [0.25, 0.3) is 0 Å². The molecule has 3 N–H and O–H groups in total. The van der Waals surface area contributed by atoms with E-state index >= 15 is 0 Å². The van der Waals surface area contributed by atoms with E-state index in [2.05, 4.69) is 10.6 Å². The molecule has 0 aromatic carbocycles. The molecular weight excluding hydrogens is 467 g/mol. The number of alkyl halides is 3. The predicted octanol–water partition coefficient (Wildman–Crippen LogP) is 1.88. The molecule has 1 fully saturated rings. The molecule has 0 aliphatic carbocycles. The summed E-state index contributed by atoms with van der Waals surface area (Å²) in [7, 11) is 1.29. The zero-order valence-electron chi connectivity index (χ0n) is 21.1. The molecule has 9 nitrogen and oxygen atoms in total. The van der Waals surface area contributed by atoms with Crippen molar-refractivity contribution in [2.45, 2.75) is 84.6 Å². The van der Waals surface area contributed by atoms with Crippen molar-refractivity contribution < 1.29 is 32.3 Å². The molecule has 1 rings (SSSR count). The highest BCUT2D eigenvalue weighted by Gasteiger charge is 2.45. The second-order valence-corrected chi connectivity index (χ2v) is 10.4. The van der Waals surface area contributed by atoms with Gasteiger partial charge in [-0.15, -0.1) is 0 Å². The second kappa shape index (κ2) is 12.2. The predicted molar refractivity (Wildman–Crippen MR) is 121 cm³/mol. The Kier molecular flexibility index (Phi) is 10.5. The van der Waals surface area contributed by atoms with Crippen LogP contribution < -0.4 is 16.0 Å². The number of likely N-dealkylation sites (N-methyl/N-ethyl adjacent to an activating group) is 1. The van der Waals surface area contributed by atoms with E-state index in [4.69, 9.17) is 0 Å². The Morgan fingerprint density at radius 2 is 1.80 bits per heavy atom. The van der Waals surface area contributed by atoms with Crippen molar-refractivity contribution in [3.63, 3.8) is 0 Å². The Hall–Kier alpha value is -2.84. The lowest BCUT2D eigenvalue weighted by molar-refractivity contribution is -0.176. The zero-order valence-corrected chi connectivity index (χ0v) is 21.1. The van der Waals surface area contributed by atoms with Gasteiger partial charge in [0.1, 0.15) is 18.1 Å². The van der Waals surface area contributed by atoms with Crippen LogP contribution >= 0.6 is 0 Å². The minimum absolute atomic E-state index is 0.0680. The first-order valence-corrected chi connectivity index (χ1v) is 11.6. The van der Waals surface area contributed by atoms with Crippen LogP contribution in [-0.4, -0.2) is 66.4 Å². The summed E-state index contributed by atoms with van der Waals surface area (Å²) < 4.78 is 38.6. The van der Waals surface area contributed by atoms with E-state index in [1.165, 1.54) is 27.8 Å². The molecule has 0 spiro atoms. The first-order valence-electron chi connectivity index (χ1n) is 11.6. The van der Waals surface area contributed by atoms with Crippen LogP contribution in [0.3, 0.4) is 0 Å². The van der Waals surface area contributed by atoms with Crippen LogP contribution in [0.25, 0.3) is 0 Å². The lowest BCUT2D eigenvalue weighted by Crippen LogP contribution is -2.60. The molecule has 0 aromatic heterocycles. The van der Waals surface area contributed by atoms with Crippen molar-refractivity contribution in [1.82, 2.24) is 20.9 Å². The van der Waals surface area contributed by atoms with E-state index in [0.29, 0.717) is 19.4 Å². The Labute approximate surface area is 204 Å². The fourth-order valence-electron chi connectivity index (χ4n) is 3.83. The molecule has 35 heavy (non-hydrogen) atoms. The van der Waals surface area contributed by atoms with Gasteiger partial charge in [-0.2, -0.15) is 18.4 Å². The van der Waals surface area contributed by atoms with Gasteiger partial charge in [0, 0.05) is 19.5 Å². The number of amides is 4. The third kappa shape index (κ3) is 9.03. The lowest BCUT2D eigenvalue weighted by Gasteiger charge is -2.37. The van der Waals surface area contributed by atoms with E-state index in [9.17, 15) is 37.6 Å². The number of rotatable bonds is 10. The summed E-state index contributed by atoms with van der Waals surface area (Å²) in [5.74, 6) is -4.13. The minimum Gasteiger partial charge on any atom is -0.356 e. The highest BCUT2D eigenvalue weighted by Crippen LogP contribution is 2.25. The molecule has 1 aliphatic heterocycles. The average molecular weight is 504 g/mol. The average Bonchev–Trinajstić information content (AvgIpc) is 3.14. The van der Waals surface area contributed by atoms with Crippen LogP contribution in [0.1, 0.15) is 60.3 Å². The molecule has 0 bridgehead atoms. The maximum Gasteiger partial charge on any atom is 0.471 e. The van der Waals surface area contributed by atoms with Crippen LogP contribution in [-0.2, 0) is 19.2 Å². The number of nitriles is 1. The largest absolute Gasteiger partial charge is 0.471 e. The summed E-state index contributed by atoms with van der Waals surface area (Å²) in [4.78, 5) is 50.7. The third-order valence-electron chi connectivity index (χ3n) is 5.90. The van der Waals surface area contributed by atoms with E-state index in [0.717, 1.165) is 4.90 Å². The van der Waals surface area contributed by atoms with Gasteiger partial charge in [-0.3, -0.25) is 19.2 Å². The Morgan fingerprint density at radius 3 is 2.23 bits per heavy atom. The molecule has 1 heterocycles. The molecule has 4 atom stereocenters. The monoisotopic (exact) mass is 503 g/mol. The van der Waals surface area contributed by atoms with Gasteiger partial charge in [-0.05, 0) is 37.0 Å². The Morgan fingerprint density at radius 1 is 1.20 bits per heavy atom. The molecule has 1 saturated heterocycles.